The van der Waals surface area contributed by atoms with Crippen LogP contribution in [0.2, 0.25) is 0 Å². The van der Waals surface area contributed by atoms with E-state index in [0.29, 0.717) is 39.7 Å². The Morgan fingerprint density at radius 2 is 1.85 bits per heavy atom. The van der Waals surface area contributed by atoms with Gasteiger partial charge in [-0.05, 0) is 49.6 Å². The monoisotopic (exact) mass is 644 g/mol. The number of hydrogen-bond acceptors (Lipinski definition) is 6. The summed E-state index contributed by atoms with van der Waals surface area (Å²) in [6.45, 7) is 0.874. The van der Waals surface area contributed by atoms with Gasteiger partial charge in [0, 0.05) is 54.5 Å². The van der Waals surface area contributed by atoms with Crippen LogP contribution in [0.5, 0.6) is 0 Å². The highest BCUT2D eigenvalue weighted by atomic mass is 19.4. The van der Waals surface area contributed by atoms with Crippen LogP contribution < -0.4 is 10.6 Å². The molecular weight excluding hydrogens is 618 g/mol. The summed E-state index contributed by atoms with van der Waals surface area (Å²) in [6, 6.07) is 4.94. The van der Waals surface area contributed by atoms with Crippen molar-refractivity contribution in [2.24, 2.45) is 0 Å². The average molecular weight is 645 g/mol. The third-order valence-corrected chi connectivity index (χ3v) is 8.52. The van der Waals surface area contributed by atoms with Gasteiger partial charge in [-0.3, -0.25) is 19.4 Å². The summed E-state index contributed by atoms with van der Waals surface area (Å²) in [6.07, 6.45) is -2.11. The van der Waals surface area contributed by atoms with E-state index in [2.05, 4.69) is 20.6 Å². The van der Waals surface area contributed by atoms with Gasteiger partial charge in [-0.15, -0.1) is 0 Å². The molecule has 1 saturated heterocycles. The summed E-state index contributed by atoms with van der Waals surface area (Å²) in [5, 5.41) is 12.5. The zero-order valence-electron chi connectivity index (χ0n) is 24.4. The number of pyridine rings is 2. The highest BCUT2D eigenvalue weighted by Gasteiger charge is 2.52. The van der Waals surface area contributed by atoms with Crippen molar-refractivity contribution in [3.8, 4) is 6.07 Å². The number of likely N-dealkylation sites (tertiary alicyclic amines) is 1. The standard InChI is InChI=1S/C29H23F6N5O3.C2H3N/c1-13-16(22-18(30)4-5-19(31)23(22)32)8-20(26(42)40(13)12-29(33,34)35)38-25(41)15-7-14-9-28(10-21(14)37-11-15)17-3-2-6-36-24(17)39-27(28)43;1-2-3/h2-7,11,13,16,20H,8-10,12H2,1H3,(H,38,41)(H,36,39,43);1H3/t13-,16-,20+,28+;/m1./s1. The molecule has 46 heavy (non-hydrogen) atoms. The van der Waals surface area contributed by atoms with Crippen LogP contribution in [0.25, 0.3) is 0 Å². The second kappa shape index (κ2) is 12.1. The molecule has 15 heteroatoms. The molecule has 4 atom stereocenters. The van der Waals surface area contributed by atoms with Crippen molar-refractivity contribution in [3.63, 3.8) is 0 Å². The first kappa shape index (κ1) is 32.4. The zero-order valence-corrected chi connectivity index (χ0v) is 24.4. The topological polar surface area (TPSA) is 128 Å². The number of nitriles is 1. The molecule has 0 radical (unpaired) electrons. The van der Waals surface area contributed by atoms with Crippen LogP contribution in [0, 0.1) is 28.8 Å². The number of alkyl halides is 3. The fourth-order valence-corrected chi connectivity index (χ4v) is 6.43. The van der Waals surface area contributed by atoms with Gasteiger partial charge in [0.25, 0.3) is 5.91 Å². The maximum Gasteiger partial charge on any atom is 0.406 e. The van der Waals surface area contributed by atoms with Crippen LogP contribution >= 0.6 is 0 Å². The number of hydrogen-bond donors (Lipinski definition) is 2. The Morgan fingerprint density at radius 3 is 2.54 bits per heavy atom. The van der Waals surface area contributed by atoms with E-state index in [-0.39, 0.29) is 24.3 Å². The molecule has 3 amide bonds. The van der Waals surface area contributed by atoms with Gasteiger partial charge < -0.3 is 15.5 Å². The van der Waals surface area contributed by atoms with Gasteiger partial charge in [-0.25, -0.2) is 18.2 Å². The van der Waals surface area contributed by atoms with Crippen molar-refractivity contribution >= 4 is 23.5 Å². The fourth-order valence-electron chi connectivity index (χ4n) is 6.43. The summed E-state index contributed by atoms with van der Waals surface area (Å²) >= 11 is 0. The van der Waals surface area contributed by atoms with Crippen LogP contribution in [-0.2, 0) is 27.8 Å². The van der Waals surface area contributed by atoms with Gasteiger partial charge in [0.2, 0.25) is 11.8 Å². The predicted molar refractivity (Wildman–Crippen MR) is 150 cm³/mol. The van der Waals surface area contributed by atoms with E-state index >= 15 is 0 Å². The normalized spacial score (nSPS) is 23.2. The molecule has 0 unspecified atom stereocenters. The molecular formula is C31H26F6N6O3. The largest absolute Gasteiger partial charge is 0.406 e. The Balaban J connectivity index is 0.00000134. The Hall–Kier alpha value is -5.00. The third kappa shape index (κ3) is 5.75. The first-order valence-corrected chi connectivity index (χ1v) is 14.1. The van der Waals surface area contributed by atoms with E-state index < -0.39 is 77.4 Å². The third-order valence-electron chi connectivity index (χ3n) is 8.52. The molecule has 1 aromatic carbocycles. The second-order valence-corrected chi connectivity index (χ2v) is 11.3. The molecule has 1 fully saturated rings. The van der Waals surface area contributed by atoms with Crippen molar-refractivity contribution in [1.29, 1.82) is 5.26 Å². The zero-order chi connectivity index (χ0) is 33.6. The van der Waals surface area contributed by atoms with E-state index in [4.69, 9.17) is 5.26 Å². The number of halogens is 6. The lowest BCUT2D eigenvalue weighted by Crippen LogP contribution is -2.60. The van der Waals surface area contributed by atoms with Crippen LogP contribution in [0.1, 0.15) is 58.9 Å². The second-order valence-electron chi connectivity index (χ2n) is 11.3. The molecule has 3 aliphatic rings. The SMILES string of the molecule is CC#N.C[C@@H]1[C@H](c2c(F)ccc(F)c2F)C[C@H](NC(=O)c2cnc3c(c2)C[C@@]2(C3)C(=O)Nc3ncccc32)C(=O)N1CC(F)(F)F. The molecule has 1 aliphatic carbocycles. The van der Waals surface area contributed by atoms with Crippen molar-refractivity contribution in [2.45, 2.75) is 62.7 Å². The summed E-state index contributed by atoms with van der Waals surface area (Å²) in [5.41, 5.74) is 0.0460. The van der Waals surface area contributed by atoms with Gasteiger partial charge in [0.1, 0.15) is 24.2 Å². The Bertz CT molecular complexity index is 1780. The molecule has 2 aliphatic heterocycles. The van der Waals surface area contributed by atoms with Crippen LogP contribution in [0.15, 0.2) is 42.7 Å². The van der Waals surface area contributed by atoms with E-state index in [1.807, 2.05) is 0 Å². The number of anilines is 1. The smallest absolute Gasteiger partial charge is 0.340 e. The number of rotatable bonds is 4. The average Bonchev–Trinajstić information content (AvgIpc) is 3.52. The first-order valence-electron chi connectivity index (χ1n) is 14.1. The summed E-state index contributed by atoms with van der Waals surface area (Å²) in [5.74, 6) is -7.38. The highest BCUT2D eigenvalue weighted by Crippen LogP contribution is 2.46. The Labute approximate surface area is 258 Å². The number of nitrogens with one attached hydrogen (secondary N) is 2. The van der Waals surface area contributed by atoms with Crippen LogP contribution in [-0.4, -0.2) is 57.4 Å². The summed E-state index contributed by atoms with van der Waals surface area (Å²) in [7, 11) is 0. The number of benzene rings is 1. The van der Waals surface area contributed by atoms with Gasteiger partial charge in [0.15, 0.2) is 11.6 Å². The van der Waals surface area contributed by atoms with E-state index in [1.54, 1.807) is 24.4 Å². The van der Waals surface area contributed by atoms with Crippen molar-refractivity contribution in [2.75, 3.05) is 11.9 Å². The highest BCUT2D eigenvalue weighted by molar-refractivity contribution is 6.06. The maximum atomic E-state index is 14.7. The number of carbonyl (C=O) groups excluding carboxylic acids is 3. The lowest BCUT2D eigenvalue weighted by atomic mass is 9.80. The number of piperidine rings is 1. The minimum Gasteiger partial charge on any atom is -0.340 e. The predicted octanol–water partition coefficient (Wildman–Crippen LogP) is 4.48. The Kier molecular flexibility index (Phi) is 8.50. The molecule has 3 aromatic rings. The molecule has 4 heterocycles. The molecule has 6 rings (SSSR count). The number of aromatic nitrogens is 2. The number of carbonyl (C=O) groups is 3. The first-order chi connectivity index (χ1) is 21.7. The molecule has 0 saturated carbocycles. The molecule has 240 valence electrons. The van der Waals surface area contributed by atoms with Crippen molar-refractivity contribution in [3.05, 3.63) is 88.1 Å². The van der Waals surface area contributed by atoms with E-state index in [0.717, 1.165) is 0 Å². The van der Waals surface area contributed by atoms with Crippen molar-refractivity contribution in [1.82, 2.24) is 20.2 Å². The lowest BCUT2D eigenvalue weighted by Gasteiger charge is -2.43. The van der Waals surface area contributed by atoms with Gasteiger partial charge in [-0.1, -0.05) is 6.07 Å². The molecule has 0 bridgehead atoms. The minimum atomic E-state index is -4.86. The lowest BCUT2D eigenvalue weighted by molar-refractivity contribution is -0.170. The Morgan fingerprint density at radius 1 is 1.15 bits per heavy atom. The van der Waals surface area contributed by atoms with Gasteiger partial charge >= 0.3 is 6.18 Å². The summed E-state index contributed by atoms with van der Waals surface area (Å²) in [4.78, 5) is 48.4. The van der Waals surface area contributed by atoms with Crippen LogP contribution in [0.4, 0.5) is 32.2 Å². The van der Waals surface area contributed by atoms with Gasteiger partial charge in [0.05, 0.1) is 17.0 Å². The van der Waals surface area contributed by atoms with E-state index in [1.165, 1.54) is 26.1 Å². The minimum absolute atomic E-state index is 0.0333. The summed E-state index contributed by atoms with van der Waals surface area (Å²) < 4.78 is 83.8. The fraction of sp³-hybridized carbons (Fsp3) is 0.355. The van der Waals surface area contributed by atoms with Crippen molar-refractivity contribution < 1.29 is 40.7 Å². The van der Waals surface area contributed by atoms with Gasteiger partial charge in [-0.2, -0.15) is 18.4 Å². The maximum absolute atomic E-state index is 14.7. The van der Waals surface area contributed by atoms with E-state index in [9.17, 15) is 40.7 Å². The molecule has 2 aromatic heterocycles. The quantitative estimate of drug-likeness (QED) is 0.319. The molecule has 2 N–H and O–H groups in total. The van der Waals surface area contributed by atoms with Crippen LogP contribution in [0.3, 0.4) is 0 Å². The molecule has 1 spiro atoms. The number of amides is 3. The molecule has 9 nitrogen and oxygen atoms in total. The number of fused-ring (bicyclic) bond motifs is 3. The number of nitrogens with zero attached hydrogens (tertiary/aromatic N) is 4.